The lowest BCUT2D eigenvalue weighted by Crippen LogP contribution is -2.27. The van der Waals surface area contributed by atoms with Crippen LogP contribution in [-0.4, -0.2) is 24.9 Å². The Morgan fingerprint density at radius 2 is 1.32 bits per heavy atom. The van der Waals surface area contributed by atoms with Crippen LogP contribution in [0.5, 0.6) is 23.0 Å². The van der Waals surface area contributed by atoms with Gasteiger partial charge in [0.25, 0.3) is 0 Å². The second kappa shape index (κ2) is 12.8. The van der Waals surface area contributed by atoms with Gasteiger partial charge in [-0.25, -0.2) is 0 Å². The zero-order chi connectivity index (χ0) is 26.3. The molecular weight excluding hydrogens is 460 g/mol. The molecule has 5 rings (SSSR count). The number of hydrogen-bond donors (Lipinski definition) is 1. The Morgan fingerprint density at radius 3 is 1.92 bits per heavy atom. The Kier molecular flexibility index (Phi) is 9.45. The molecule has 202 valence electrons. The maximum atomic E-state index is 11.4. The van der Waals surface area contributed by atoms with E-state index in [-0.39, 0.29) is 11.4 Å². The zero-order valence-corrected chi connectivity index (χ0v) is 23.5. The first-order chi connectivity index (χ1) is 17.9. The van der Waals surface area contributed by atoms with Gasteiger partial charge in [-0.05, 0) is 81.0 Å². The summed E-state index contributed by atoms with van der Waals surface area (Å²) in [5, 5.41) is 11.4. The molecule has 2 aliphatic carbocycles. The molecule has 1 heterocycles. The van der Waals surface area contributed by atoms with E-state index in [9.17, 15) is 5.11 Å². The average molecular weight is 507 g/mol. The van der Waals surface area contributed by atoms with Crippen LogP contribution in [0.4, 0.5) is 0 Å². The van der Waals surface area contributed by atoms with Gasteiger partial charge in [0.05, 0.1) is 25.3 Å². The van der Waals surface area contributed by atoms with Gasteiger partial charge >= 0.3 is 0 Å². The smallest absolute Gasteiger partial charge is 0.138 e. The number of ether oxygens (including phenoxy) is 3. The fourth-order valence-electron chi connectivity index (χ4n) is 5.85. The third kappa shape index (κ3) is 6.83. The number of aromatic hydroxyl groups is 1. The summed E-state index contributed by atoms with van der Waals surface area (Å²) >= 11 is 0. The number of benzene rings is 2. The van der Waals surface area contributed by atoms with E-state index in [0.29, 0.717) is 11.3 Å². The van der Waals surface area contributed by atoms with Gasteiger partial charge in [0.2, 0.25) is 0 Å². The van der Waals surface area contributed by atoms with E-state index in [2.05, 4.69) is 38.1 Å². The van der Waals surface area contributed by atoms with Crippen LogP contribution in [0.1, 0.15) is 108 Å². The molecule has 0 radical (unpaired) electrons. The van der Waals surface area contributed by atoms with Crippen LogP contribution in [0.2, 0.25) is 0 Å². The number of fused-ring (bicyclic) bond motifs is 16. The largest absolute Gasteiger partial charge is 0.507 e. The first-order valence-corrected chi connectivity index (χ1v) is 14.5. The Balaban J connectivity index is 1.78. The molecule has 2 bridgehead atoms. The van der Waals surface area contributed by atoms with E-state index >= 15 is 0 Å². The van der Waals surface area contributed by atoms with Gasteiger partial charge in [-0.15, -0.1) is 0 Å². The maximum absolute atomic E-state index is 11.4. The molecule has 37 heavy (non-hydrogen) atoms. The fourth-order valence-corrected chi connectivity index (χ4v) is 5.85. The topological polar surface area (TPSA) is 47.9 Å². The zero-order valence-electron chi connectivity index (χ0n) is 23.5. The van der Waals surface area contributed by atoms with Crippen molar-refractivity contribution in [3.63, 3.8) is 0 Å². The highest BCUT2D eigenvalue weighted by atomic mass is 16.5. The first-order valence-electron chi connectivity index (χ1n) is 14.5. The Morgan fingerprint density at radius 1 is 0.730 bits per heavy atom. The van der Waals surface area contributed by atoms with E-state index in [0.717, 1.165) is 59.4 Å². The number of methoxy groups -OCH3 is 2. The highest BCUT2D eigenvalue weighted by molar-refractivity contribution is 5.89. The van der Waals surface area contributed by atoms with E-state index in [1.54, 1.807) is 14.2 Å². The second-order valence-corrected chi connectivity index (χ2v) is 11.3. The van der Waals surface area contributed by atoms with E-state index < -0.39 is 0 Å². The molecule has 2 aromatic carbocycles. The van der Waals surface area contributed by atoms with Crippen LogP contribution >= 0.6 is 0 Å². The van der Waals surface area contributed by atoms with Crippen LogP contribution in [-0.2, 0) is 12.8 Å². The summed E-state index contributed by atoms with van der Waals surface area (Å²) in [6.45, 7) is 4.14. The highest BCUT2D eigenvalue weighted by Gasteiger charge is 2.29. The number of hydrogen-bond acceptors (Lipinski definition) is 4. The Labute approximate surface area is 224 Å². The summed E-state index contributed by atoms with van der Waals surface area (Å²) in [7, 11) is 3.40. The molecule has 1 N–H and O–H groups in total. The van der Waals surface area contributed by atoms with Crippen LogP contribution in [0.25, 0.3) is 17.2 Å². The molecular formula is C33H46O4. The minimum atomic E-state index is -0.374. The quantitative estimate of drug-likeness (QED) is 0.441. The number of rotatable bonds is 2. The normalized spacial score (nSPS) is 18.8. The molecule has 0 aromatic heterocycles. The molecule has 0 fully saturated rings. The molecule has 0 saturated carbocycles. The van der Waals surface area contributed by atoms with Crippen LogP contribution in [0.15, 0.2) is 24.3 Å². The van der Waals surface area contributed by atoms with Crippen LogP contribution in [0, 0.1) is 0 Å². The van der Waals surface area contributed by atoms with Crippen molar-refractivity contribution >= 4 is 6.08 Å². The van der Waals surface area contributed by atoms with Gasteiger partial charge in [-0.2, -0.15) is 0 Å². The number of phenols is 1. The third-order valence-electron chi connectivity index (χ3n) is 7.86. The van der Waals surface area contributed by atoms with Gasteiger partial charge in [-0.1, -0.05) is 64.2 Å². The van der Waals surface area contributed by atoms with E-state index in [1.165, 1.54) is 64.2 Å². The summed E-state index contributed by atoms with van der Waals surface area (Å²) in [5.41, 5.74) is 4.44. The average Bonchev–Trinajstić information content (AvgIpc) is 2.86. The molecule has 2 aromatic rings. The predicted molar refractivity (Wildman–Crippen MR) is 153 cm³/mol. The Bertz CT molecular complexity index is 1080. The minimum absolute atomic E-state index is 0.254. The Hall–Kier alpha value is -2.62. The van der Waals surface area contributed by atoms with Crippen molar-refractivity contribution in [1.82, 2.24) is 0 Å². The number of phenolic OH excluding ortho intramolecular Hbond substituents is 1. The van der Waals surface area contributed by atoms with Crippen LogP contribution < -0.4 is 14.2 Å². The molecule has 4 nitrogen and oxygen atoms in total. The van der Waals surface area contributed by atoms with Crippen molar-refractivity contribution in [2.45, 2.75) is 109 Å². The summed E-state index contributed by atoms with van der Waals surface area (Å²) < 4.78 is 18.3. The molecule has 0 amide bonds. The number of aryl methyl sites for hydroxylation is 2. The monoisotopic (exact) mass is 506 g/mol. The SMILES string of the molecule is COc1cc2cc(O)c1-c1c(cc3c(c1OC)C=CC(C)(C)O3)CCCCCCCCCCCCCC2. The fraction of sp³-hybridized carbons (Fsp3) is 0.576. The summed E-state index contributed by atoms with van der Waals surface area (Å²) in [6.07, 6.45) is 21.3. The first kappa shape index (κ1) is 27.4. The van der Waals surface area contributed by atoms with Gasteiger partial charge in [0, 0.05) is 5.56 Å². The van der Waals surface area contributed by atoms with Crippen molar-refractivity contribution < 1.29 is 19.3 Å². The van der Waals surface area contributed by atoms with Gasteiger partial charge in [0.1, 0.15) is 28.6 Å². The van der Waals surface area contributed by atoms with Crippen molar-refractivity contribution in [1.29, 1.82) is 0 Å². The third-order valence-corrected chi connectivity index (χ3v) is 7.86. The van der Waals surface area contributed by atoms with Crippen molar-refractivity contribution in [2.24, 2.45) is 0 Å². The lowest BCUT2D eigenvalue weighted by Gasteiger charge is -2.30. The predicted octanol–water partition coefficient (Wildman–Crippen LogP) is 9.04. The molecule has 0 unspecified atom stereocenters. The lowest BCUT2D eigenvalue weighted by molar-refractivity contribution is 0.158. The standard InChI is InChI=1S/C33H46O4/c1-33(2)20-19-26-28(37-33)23-25-18-16-14-12-10-8-6-5-7-9-11-13-15-17-24-21-27(34)31(29(22-24)35-3)30(25)32(26)36-4/h19-23,34H,5-18H2,1-4H3. The van der Waals surface area contributed by atoms with Crippen molar-refractivity contribution in [3.8, 4) is 34.1 Å². The molecule has 0 atom stereocenters. The summed E-state index contributed by atoms with van der Waals surface area (Å²) in [6, 6.07) is 6.19. The van der Waals surface area contributed by atoms with Crippen molar-refractivity contribution in [3.05, 3.63) is 41.0 Å². The summed E-state index contributed by atoms with van der Waals surface area (Å²) in [5.74, 6) is 2.53. The molecule has 0 spiro atoms. The molecule has 1 aliphatic heterocycles. The lowest BCUT2D eigenvalue weighted by atomic mass is 9.88. The highest BCUT2D eigenvalue weighted by Crippen LogP contribution is 2.51. The second-order valence-electron chi connectivity index (χ2n) is 11.3. The van der Waals surface area contributed by atoms with Crippen LogP contribution in [0.3, 0.4) is 0 Å². The van der Waals surface area contributed by atoms with Gasteiger partial charge in [-0.3, -0.25) is 0 Å². The van der Waals surface area contributed by atoms with Gasteiger partial charge in [0.15, 0.2) is 0 Å². The van der Waals surface area contributed by atoms with E-state index in [4.69, 9.17) is 14.2 Å². The minimum Gasteiger partial charge on any atom is -0.507 e. The van der Waals surface area contributed by atoms with Gasteiger partial charge < -0.3 is 19.3 Å². The molecule has 3 aliphatic rings. The maximum Gasteiger partial charge on any atom is 0.138 e. The molecule has 4 heteroatoms. The van der Waals surface area contributed by atoms with E-state index in [1.807, 2.05) is 6.07 Å². The summed E-state index contributed by atoms with van der Waals surface area (Å²) in [4.78, 5) is 0. The van der Waals surface area contributed by atoms with Crippen molar-refractivity contribution in [2.75, 3.05) is 14.2 Å². The molecule has 0 saturated heterocycles.